The van der Waals surface area contributed by atoms with Gasteiger partial charge in [-0.15, -0.1) is 0 Å². The van der Waals surface area contributed by atoms with E-state index in [1.165, 1.54) is 19.2 Å². The number of nitriles is 3. The third-order valence-corrected chi connectivity index (χ3v) is 5.89. The summed E-state index contributed by atoms with van der Waals surface area (Å²) in [6.45, 7) is 0. The van der Waals surface area contributed by atoms with E-state index in [1.807, 2.05) is 0 Å². The van der Waals surface area contributed by atoms with Crippen molar-refractivity contribution in [1.82, 2.24) is 19.9 Å². The summed E-state index contributed by atoms with van der Waals surface area (Å²) in [5.41, 5.74) is -4.38. The molecule has 0 bridgehead atoms. The summed E-state index contributed by atoms with van der Waals surface area (Å²) in [7, 11) is 1.22. The number of hydrogen-bond donors (Lipinski definition) is 0. The largest absolute Gasteiger partial charge is 0.309 e. The van der Waals surface area contributed by atoms with Crippen LogP contribution in [0.25, 0.3) is 44.1 Å². The number of allylic oxidation sites excluding steroid dienone is 1. The second-order valence-corrected chi connectivity index (χ2v) is 7.71. The molecule has 1 atom stereocenters. The van der Waals surface area contributed by atoms with Gasteiger partial charge in [-0.2, -0.15) is 24.6 Å². The summed E-state index contributed by atoms with van der Waals surface area (Å²) in [5.74, 6) is -10.8. The van der Waals surface area contributed by atoms with Gasteiger partial charge in [0.1, 0.15) is 17.8 Å². The van der Waals surface area contributed by atoms with Gasteiger partial charge in [-0.1, -0.05) is 0 Å². The first-order valence-corrected chi connectivity index (χ1v) is 10.1. The Labute approximate surface area is 201 Å². The molecule has 8 nitrogen and oxygen atoms in total. The first-order valence-electron chi connectivity index (χ1n) is 10.1. The molecule has 1 unspecified atom stereocenters. The number of benzene rings is 2. The van der Waals surface area contributed by atoms with Crippen molar-refractivity contribution >= 4 is 50.3 Å². The van der Waals surface area contributed by atoms with Crippen LogP contribution in [0.1, 0.15) is 17.2 Å². The number of rotatable bonds is 2. The molecule has 14 heteroatoms. The van der Waals surface area contributed by atoms with Crippen molar-refractivity contribution in [2.24, 2.45) is 10.9 Å². The molecule has 37 heavy (non-hydrogen) atoms. The summed E-state index contributed by atoms with van der Waals surface area (Å²) in [4.78, 5) is 17.4. The van der Waals surface area contributed by atoms with Crippen LogP contribution in [0.5, 0.6) is 0 Å². The van der Waals surface area contributed by atoms with Crippen molar-refractivity contribution in [3.63, 3.8) is 0 Å². The van der Waals surface area contributed by atoms with Gasteiger partial charge in [0.15, 0.2) is 17.5 Å². The lowest BCUT2D eigenvalue weighted by Crippen LogP contribution is -2.22. The van der Waals surface area contributed by atoms with Gasteiger partial charge in [0.25, 0.3) is 0 Å². The molecule has 2 aromatic carbocycles. The lowest BCUT2D eigenvalue weighted by molar-refractivity contribution is 0.474. The van der Waals surface area contributed by atoms with Crippen LogP contribution in [0.4, 0.5) is 26.3 Å². The molecule has 0 amide bonds. The highest BCUT2D eigenvalue weighted by Crippen LogP contribution is 2.50. The van der Waals surface area contributed by atoms with Gasteiger partial charge in [0.05, 0.1) is 62.0 Å². The highest BCUT2D eigenvalue weighted by atomic mass is 19.2. The predicted octanol–water partition coefficient (Wildman–Crippen LogP) is 3.74. The zero-order chi connectivity index (χ0) is 26.8. The van der Waals surface area contributed by atoms with E-state index in [0.717, 1.165) is 6.21 Å². The lowest BCUT2D eigenvalue weighted by Gasteiger charge is -2.25. The van der Waals surface area contributed by atoms with E-state index < -0.39 is 102 Å². The average Bonchev–Trinajstić information content (AvgIpc) is 2.87. The van der Waals surface area contributed by atoms with E-state index in [4.69, 9.17) is 0 Å². The molecule has 0 aliphatic heterocycles. The van der Waals surface area contributed by atoms with Crippen molar-refractivity contribution in [1.29, 1.82) is 15.8 Å². The fraction of sp³-hybridized carbons (Fsp3) is 0.130. The molecular formula is C23H6F6N8. The number of nitrogens with zero attached hydrogens (tertiary/aromatic N) is 8. The Morgan fingerprint density at radius 3 is 2.08 bits per heavy atom. The number of hydrogen-bond acceptors (Lipinski definition) is 8. The molecule has 180 valence electrons. The first-order chi connectivity index (χ1) is 17.7. The molecule has 4 aromatic rings. The molecule has 0 saturated heterocycles. The third kappa shape index (κ3) is 3.04. The van der Waals surface area contributed by atoms with E-state index in [-0.39, 0.29) is 0 Å². The minimum Gasteiger partial charge on any atom is -0.295 e. The van der Waals surface area contributed by atoms with Crippen LogP contribution in [0.3, 0.4) is 0 Å². The smallest absolute Gasteiger partial charge is 0.295 e. The molecule has 1 aliphatic rings. The van der Waals surface area contributed by atoms with E-state index in [1.54, 1.807) is 6.07 Å². The number of aliphatic imine (C=N–C) groups is 1. The standard InChI is InChI=1S/C23H6F6N8/c1-33-5-7(4-32)9-15(25)17(27)11-13-19(9)35-23(29)37-21(13)10-12-18(34-22(28)36-20(11)12)8(6(2-30)3-31)14(24)16(10)26/h5-6,8H,1H3/b9-7+,33-5+. The lowest BCUT2D eigenvalue weighted by atomic mass is 9.81. The highest BCUT2D eigenvalue weighted by molar-refractivity contribution is 6.24. The third-order valence-electron chi connectivity index (χ3n) is 5.89. The number of halogens is 6. The first kappa shape index (κ1) is 23.6. The van der Waals surface area contributed by atoms with Crippen molar-refractivity contribution in [2.75, 3.05) is 7.05 Å². The van der Waals surface area contributed by atoms with Crippen molar-refractivity contribution < 1.29 is 26.3 Å². The van der Waals surface area contributed by atoms with Gasteiger partial charge in [-0.3, -0.25) is 4.99 Å². The van der Waals surface area contributed by atoms with E-state index in [9.17, 15) is 24.6 Å². The van der Waals surface area contributed by atoms with E-state index in [0.29, 0.717) is 0 Å². The highest BCUT2D eigenvalue weighted by Gasteiger charge is 2.41. The van der Waals surface area contributed by atoms with Gasteiger partial charge in [-0.05, 0) is 0 Å². The molecular weight excluding hydrogens is 502 g/mol. The van der Waals surface area contributed by atoms with Crippen molar-refractivity contribution in [2.45, 2.75) is 5.92 Å². The quantitative estimate of drug-likeness (QED) is 0.132. The Morgan fingerprint density at radius 1 is 0.838 bits per heavy atom. The Balaban J connectivity index is 2.21. The number of aromatic nitrogens is 4. The Bertz CT molecular complexity index is 1950. The molecule has 2 aromatic heterocycles. The molecule has 0 saturated carbocycles. The van der Waals surface area contributed by atoms with E-state index in [2.05, 4.69) is 24.9 Å². The average molecular weight is 508 g/mol. The second-order valence-electron chi connectivity index (χ2n) is 7.71. The molecule has 1 aliphatic carbocycles. The molecule has 2 heterocycles. The topological polar surface area (TPSA) is 135 Å². The Hall–Kier alpha value is -5.16. The van der Waals surface area contributed by atoms with Crippen LogP contribution >= 0.6 is 0 Å². The van der Waals surface area contributed by atoms with Gasteiger partial charge in [0.2, 0.25) is 0 Å². The van der Waals surface area contributed by atoms with Crippen molar-refractivity contribution in [3.8, 4) is 18.2 Å². The summed E-state index contributed by atoms with van der Waals surface area (Å²) >= 11 is 0. The summed E-state index contributed by atoms with van der Waals surface area (Å²) in [5, 5.41) is 25.2. The van der Waals surface area contributed by atoms with Gasteiger partial charge in [0, 0.05) is 24.0 Å². The zero-order valence-electron chi connectivity index (χ0n) is 18.1. The van der Waals surface area contributed by atoms with Gasteiger partial charge < -0.3 is 0 Å². The van der Waals surface area contributed by atoms with Crippen LogP contribution in [0, 0.1) is 63.7 Å². The molecule has 0 spiro atoms. The van der Waals surface area contributed by atoms with Gasteiger partial charge >= 0.3 is 12.2 Å². The minimum atomic E-state index is -2.06. The number of fused-ring (bicyclic) bond motifs is 2. The summed E-state index contributed by atoms with van der Waals surface area (Å²) in [6, 6.07) is 4.48. The molecule has 0 N–H and O–H groups in total. The molecule has 0 fully saturated rings. The van der Waals surface area contributed by atoms with Crippen LogP contribution in [0.15, 0.2) is 10.8 Å². The van der Waals surface area contributed by atoms with Crippen LogP contribution in [0.2, 0.25) is 0 Å². The molecule has 5 rings (SSSR count). The maximum absolute atomic E-state index is 15.6. The van der Waals surface area contributed by atoms with Crippen molar-refractivity contribution in [3.05, 3.63) is 46.1 Å². The SMILES string of the molecule is C/N=C/C(C#N)=c1\c(F)c(F)c2c3nc(F)nc4c3c(c3nc(F)nc1c32)C(F)=C(F)C4C(C#N)C#N. The summed E-state index contributed by atoms with van der Waals surface area (Å²) < 4.78 is 91.1. The summed E-state index contributed by atoms with van der Waals surface area (Å²) in [6.07, 6.45) is -2.32. The maximum atomic E-state index is 15.6. The normalized spacial score (nSPS) is 16.1. The maximum Gasteiger partial charge on any atom is 0.309 e. The van der Waals surface area contributed by atoms with E-state index >= 15 is 17.6 Å². The zero-order valence-corrected chi connectivity index (χ0v) is 18.1. The Kier molecular flexibility index (Phi) is 5.23. The fourth-order valence-electron chi connectivity index (χ4n) is 4.50. The predicted molar refractivity (Wildman–Crippen MR) is 115 cm³/mol. The Morgan fingerprint density at radius 2 is 1.46 bits per heavy atom. The monoisotopic (exact) mass is 508 g/mol. The molecule has 0 radical (unpaired) electrons. The van der Waals surface area contributed by atoms with Gasteiger partial charge in [-0.25, -0.2) is 37.5 Å². The minimum absolute atomic E-state index is 0.586. The van der Waals surface area contributed by atoms with Crippen LogP contribution < -0.4 is 5.22 Å². The fourth-order valence-corrected chi connectivity index (χ4v) is 4.50. The van der Waals surface area contributed by atoms with Crippen LogP contribution in [-0.4, -0.2) is 33.2 Å². The van der Waals surface area contributed by atoms with Crippen LogP contribution in [-0.2, 0) is 0 Å². The second kappa shape index (κ2) is 8.21.